The van der Waals surface area contributed by atoms with Gasteiger partial charge in [-0.25, -0.2) is 4.79 Å². The smallest absolute Gasteiger partial charge is 0.330 e. The Bertz CT molecular complexity index is 500. The molecular weight excluding hydrogens is 250 g/mol. The Labute approximate surface area is 110 Å². The minimum atomic E-state index is -1.11. The highest BCUT2D eigenvalue weighted by Gasteiger charge is 2.24. The van der Waals surface area contributed by atoms with Crippen LogP contribution in [0.25, 0.3) is 0 Å². The third-order valence-electron chi connectivity index (χ3n) is 2.87. The summed E-state index contributed by atoms with van der Waals surface area (Å²) in [5, 5.41) is 11.6. The molecule has 0 aromatic heterocycles. The lowest BCUT2D eigenvalue weighted by atomic mass is 10.0. The number of carboxylic acids is 1. The number of aliphatic carboxylic acids is 1. The molecule has 1 aromatic carbocycles. The second kappa shape index (κ2) is 5.71. The summed E-state index contributed by atoms with van der Waals surface area (Å²) in [6.07, 6.45) is 0.752. The number of fused-ring (bicyclic) bond motifs is 1. The Hall–Kier alpha value is -2.08. The number of ether oxygens (including phenoxy) is 2. The Morgan fingerprint density at radius 2 is 2.32 bits per heavy atom. The summed E-state index contributed by atoms with van der Waals surface area (Å²) in [6.45, 7) is 0.435. The van der Waals surface area contributed by atoms with Crippen LogP contribution in [0.4, 0.5) is 0 Å². The van der Waals surface area contributed by atoms with Gasteiger partial charge in [0.2, 0.25) is 5.91 Å². The topological polar surface area (TPSA) is 84.9 Å². The van der Waals surface area contributed by atoms with Crippen LogP contribution in [0.15, 0.2) is 18.2 Å². The fraction of sp³-hybridized carbons (Fsp3) is 0.385. The summed E-state index contributed by atoms with van der Waals surface area (Å²) in [5.41, 5.74) is 1.49. The second-order valence-corrected chi connectivity index (χ2v) is 4.24. The van der Waals surface area contributed by atoms with E-state index in [2.05, 4.69) is 10.1 Å². The van der Waals surface area contributed by atoms with Crippen LogP contribution in [-0.2, 0) is 20.7 Å². The molecule has 1 aliphatic heterocycles. The zero-order chi connectivity index (χ0) is 13.8. The molecule has 0 spiro atoms. The molecule has 6 nitrogen and oxygen atoms in total. The first-order valence-corrected chi connectivity index (χ1v) is 5.88. The van der Waals surface area contributed by atoms with Crippen LogP contribution in [0.3, 0.4) is 0 Å². The lowest BCUT2D eigenvalue weighted by Crippen LogP contribution is -2.35. The average Bonchev–Trinajstić information content (AvgIpc) is 2.83. The standard InChI is InChI=1S/C13H15NO5/c1-18-7-11(15)14-12(13(16)17)9-2-3-10-8(6-9)4-5-19-10/h2-3,6,12H,4-5,7H2,1H3,(H,14,15)(H,16,17). The summed E-state index contributed by atoms with van der Waals surface area (Å²) >= 11 is 0. The molecule has 0 aliphatic carbocycles. The van der Waals surface area contributed by atoms with Crippen LogP contribution in [0.5, 0.6) is 5.75 Å². The highest BCUT2D eigenvalue weighted by Crippen LogP contribution is 2.28. The van der Waals surface area contributed by atoms with Crippen LogP contribution in [-0.4, -0.2) is 37.3 Å². The molecule has 1 heterocycles. The molecule has 1 aliphatic rings. The quantitative estimate of drug-likeness (QED) is 0.810. The van der Waals surface area contributed by atoms with Gasteiger partial charge in [0.05, 0.1) is 6.61 Å². The third kappa shape index (κ3) is 3.03. The number of hydrogen-bond donors (Lipinski definition) is 2. The average molecular weight is 265 g/mol. The number of benzene rings is 1. The Morgan fingerprint density at radius 3 is 3.00 bits per heavy atom. The fourth-order valence-electron chi connectivity index (χ4n) is 2.01. The first-order chi connectivity index (χ1) is 9.11. The molecule has 0 radical (unpaired) electrons. The zero-order valence-corrected chi connectivity index (χ0v) is 10.5. The van der Waals surface area contributed by atoms with Crippen molar-refractivity contribution in [1.29, 1.82) is 0 Å². The number of amides is 1. The summed E-state index contributed by atoms with van der Waals surface area (Å²) in [6, 6.07) is 4.06. The SMILES string of the molecule is COCC(=O)NC(C(=O)O)c1ccc2c(c1)CCO2. The van der Waals surface area contributed by atoms with Gasteiger partial charge in [-0.3, -0.25) is 4.79 Å². The molecule has 102 valence electrons. The molecule has 1 amide bonds. The Kier molecular flexibility index (Phi) is 4.01. The van der Waals surface area contributed by atoms with Gasteiger partial charge in [-0.2, -0.15) is 0 Å². The number of methoxy groups -OCH3 is 1. The van der Waals surface area contributed by atoms with Crippen molar-refractivity contribution < 1.29 is 24.2 Å². The van der Waals surface area contributed by atoms with Crippen molar-refractivity contribution in [1.82, 2.24) is 5.32 Å². The second-order valence-electron chi connectivity index (χ2n) is 4.24. The number of rotatable bonds is 5. The number of carboxylic acid groups (broad SMARTS) is 1. The lowest BCUT2D eigenvalue weighted by Gasteiger charge is -2.15. The van der Waals surface area contributed by atoms with Crippen molar-refractivity contribution in [2.75, 3.05) is 20.3 Å². The van der Waals surface area contributed by atoms with Crippen molar-refractivity contribution >= 4 is 11.9 Å². The van der Waals surface area contributed by atoms with E-state index in [1.807, 2.05) is 0 Å². The van der Waals surface area contributed by atoms with Gasteiger partial charge in [0.25, 0.3) is 0 Å². The lowest BCUT2D eigenvalue weighted by molar-refractivity contribution is -0.142. The molecule has 2 N–H and O–H groups in total. The molecule has 1 aromatic rings. The molecule has 0 saturated carbocycles. The van der Waals surface area contributed by atoms with E-state index in [9.17, 15) is 14.7 Å². The summed E-state index contributed by atoms with van der Waals surface area (Å²) in [7, 11) is 1.38. The Balaban J connectivity index is 2.19. The number of hydrogen-bond acceptors (Lipinski definition) is 4. The number of carbonyl (C=O) groups is 2. The first kappa shape index (κ1) is 13.4. The fourth-order valence-corrected chi connectivity index (χ4v) is 2.01. The first-order valence-electron chi connectivity index (χ1n) is 5.88. The van der Waals surface area contributed by atoms with Gasteiger partial charge in [0, 0.05) is 13.5 Å². The van der Waals surface area contributed by atoms with Crippen LogP contribution in [0.2, 0.25) is 0 Å². The highest BCUT2D eigenvalue weighted by molar-refractivity contribution is 5.85. The van der Waals surface area contributed by atoms with E-state index in [1.165, 1.54) is 7.11 Å². The van der Waals surface area contributed by atoms with E-state index in [0.717, 1.165) is 17.7 Å². The van der Waals surface area contributed by atoms with E-state index in [4.69, 9.17) is 4.74 Å². The molecule has 0 bridgehead atoms. The maximum Gasteiger partial charge on any atom is 0.330 e. The van der Waals surface area contributed by atoms with Gasteiger partial charge in [-0.15, -0.1) is 0 Å². The molecule has 6 heteroatoms. The number of carbonyl (C=O) groups excluding carboxylic acids is 1. The molecule has 2 rings (SSSR count). The zero-order valence-electron chi connectivity index (χ0n) is 10.5. The summed E-state index contributed by atoms with van der Waals surface area (Å²) in [5.74, 6) is -0.800. The maximum atomic E-state index is 11.4. The van der Waals surface area contributed by atoms with Crippen molar-refractivity contribution in [2.24, 2.45) is 0 Å². The normalized spacial score (nSPS) is 14.4. The van der Waals surface area contributed by atoms with Gasteiger partial charge >= 0.3 is 5.97 Å². The Morgan fingerprint density at radius 1 is 1.53 bits per heavy atom. The number of nitrogens with one attached hydrogen (secondary N) is 1. The summed E-state index contributed by atoms with van der Waals surface area (Å²) < 4.78 is 10.0. The minimum Gasteiger partial charge on any atom is -0.493 e. The predicted molar refractivity (Wildman–Crippen MR) is 66.0 cm³/mol. The van der Waals surface area contributed by atoms with Crippen molar-refractivity contribution in [3.8, 4) is 5.75 Å². The van der Waals surface area contributed by atoms with Gasteiger partial charge < -0.3 is 19.9 Å². The van der Waals surface area contributed by atoms with Crippen LogP contribution < -0.4 is 10.1 Å². The van der Waals surface area contributed by atoms with Crippen molar-refractivity contribution in [2.45, 2.75) is 12.5 Å². The van der Waals surface area contributed by atoms with Crippen LogP contribution in [0, 0.1) is 0 Å². The van der Waals surface area contributed by atoms with E-state index in [1.54, 1.807) is 18.2 Å². The third-order valence-corrected chi connectivity index (χ3v) is 2.87. The molecule has 1 unspecified atom stereocenters. The van der Waals surface area contributed by atoms with E-state index >= 15 is 0 Å². The monoisotopic (exact) mass is 265 g/mol. The molecule has 0 saturated heterocycles. The van der Waals surface area contributed by atoms with Gasteiger partial charge in [-0.05, 0) is 23.3 Å². The van der Waals surface area contributed by atoms with Crippen molar-refractivity contribution in [3.63, 3.8) is 0 Å². The van der Waals surface area contributed by atoms with Crippen LogP contribution in [0.1, 0.15) is 17.2 Å². The van der Waals surface area contributed by atoms with E-state index in [-0.39, 0.29) is 6.61 Å². The van der Waals surface area contributed by atoms with Gasteiger partial charge in [-0.1, -0.05) is 6.07 Å². The van der Waals surface area contributed by atoms with E-state index in [0.29, 0.717) is 12.2 Å². The maximum absolute atomic E-state index is 11.4. The summed E-state index contributed by atoms with van der Waals surface area (Å²) in [4.78, 5) is 22.7. The van der Waals surface area contributed by atoms with E-state index < -0.39 is 17.9 Å². The van der Waals surface area contributed by atoms with Gasteiger partial charge in [0.15, 0.2) is 6.04 Å². The minimum absolute atomic E-state index is 0.169. The van der Waals surface area contributed by atoms with Crippen molar-refractivity contribution in [3.05, 3.63) is 29.3 Å². The van der Waals surface area contributed by atoms with Crippen LogP contribution >= 0.6 is 0 Å². The molecule has 1 atom stereocenters. The molecular formula is C13H15NO5. The highest BCUT2D eigenvalue weighted by atomic mass is 16.5. The predicted octanol–water partition coefficient (Wildman–Crippen LogP) is 0.510. The molecule has 19 heavy (non-hydrogen) atoms. The largest absolute Gasteiger partial charge is 0.493 e. The van der Waals surface area contributed by atoms with Gasteiger partial charge in [0.1, 0.15) is 12.4 Å². The molecule has 0 fully saturated rings.